The lowest BCUT2D eigenvalue weighted by atomic mass is 10.3. The van der Waals surface area contributed by atoms with Crippen LogP contribution in [0.3, 0.4) is 0 Å². The lowest BCUT2D eigenvalue weighted by Crippen LogP contribution is -2.38. The molecule has 0 saturated carbocycles. The summed E-state index contributed by atoms with van der Waals surface area (Å²) in [6, 6.07) is 18.8. The van der Waals surface area contributed by atoms with Gasteiger partial charge in [-0.25, -0.2) is 8.42 Å². The molecule has 0 spiro atoms. The molecule has 29 heavy (non-hydrogen) atoms. The van der Waals surface area contributed by atoms with E-state index < -0.39 is 22.5 Å². The smallest absolute Gasteiger partial charge is 0.264 e. The van der Waals surface area contributed by atoms with E-state index >= 15 is 0 Å². The molecule has 0 saturated heterocycles. The van der Waals surface area contributed by atoms with Gasteiger partial charge in [0, 0.05) is 5.02 Å². The maximum Gasteiger partial charge on any atom is 0.264 e. The number of sulfonamides is 1. The van der Waals surface area contributed by atoms with Gasteiger partial charge in [0.15, 0.2) is 0 Å². The number of rotatable bonds is 6. The number of anilines is 2. The summed E-state index contributed by atoms with van der Waals surface area (Å²) in [6.07, 6.45) is 0. The minimum atomic E-state index is -4.03. The Hall–Kier alpha value is -2.25. The molecule has 0 radical (unpaired) electrons. The molecule has 0 atom stereocenters. The molecule has 0 aliphatic carbocycles. The molecule has 3 aromatic rings. The highest BCUT2D eigenvalue weighted by atomic mass is 35.5. The van der Waals surface area contributed by atoms with Gasteiger partial charge in [-0.05, 0) is 48.5 Å². The molecular weight excluding hydrogens is 455 g/mol. The quantitative estimate of drug-likeness (QED) is 0.520. The normalized spacial score (nSPS) is 11.1. The second-order valence-corrected chi connectivity index (χ2v) is 9.06. The number of carbonyl (C=O) groups excluding carboxylic acids is 1. The number of carbonyl (C=O) groups is 1. The van der Waals surface area contributed by atoms with Gasteiger partial charge in [0.1, 0.15) is 6.54 Å². The van der Waals surface area contributed by atoms with Crippen LogP contribution in [0.15, 0.2) is 77.7 Å². The van der Waals surface area contributed by atoms with Crippen LogP contribution in [-0.4, -0.2) is 20.9 Å². The van der Waals surface area contributed by atoms with Gasteiger partial charge < -0.3 is 5.32 Å². The van der Waals surface area contributed by atoms with Crippen molar-refractivity contribution in [2.45, 2.75) is 4.90 Å². The maximum absolute atomic E-state index is 13.2. The summed E-state index contributed by atoms with van der Waals surface area (Å²) in [5.74, 6) is -0.596. The molecule has 0 aliphatic heterocycles. The first-order chi connectivity index (χ1) is 13.8. The zero-order valence-electron chi connectivity index (χ0n) is 14.8. The van der Waals surface area contributed by atoms with Crippen LogP contribution in [-0.2, 0) is 14.8 Å². The molecule has 1 N–H and O–H groups in total. The minimum absolute atomic E-state index is 0.00864. The number of hydrogen-bond donors (Lipinski definition) is 1. The lowest BCUT2D eigenvalue weighted by molar-refractivity contribution is -0.114. The zero-order chi connectivity index (χ0) is 21.0. The number of hydrogen-bond acceptors (Lipinski definition) is 3. The second kappa shape index (κ2) is 9.05. The molecule has 3 aromatic carbocycles. The van der Waals surface area contributed by atoms with Crippen LogP contribution in [0.1, 0.15) is 0 Å². The molecule has 150 valence electrons. The van der Waals surface area contributed by atoms with Gasteiger partial charge in [0.05, 0.1) is 26.3 Å². The van der Waals surface area contributed by atoms with E-state index in [0.717, 1.165) is 4.31 Å². The Balaban J connectivity index is 1.94. The Morgan fingerprint density at radius 1 is 0.828 bits per heavy atom. The van der Waals surface area contributed by atoms with Gasteiger partial charge in [0.25, 0.3) is 10.0 Å². The van der Waals surface area contributed by atoms with E-state index in [9.17, 15) is 13.2 Å². The monoisotopic (exact) mass is 468 g/mol. The van der Waals surface area contributed by atoms with Crippen LogP contribution in [0, 0.1) is 0 Å². The van der Waals surface area contributed by atoms with E-state index in [4.69, 9.17) is 34.8 Å². The summed E-state index contributed by atoms with van der Waals surface area (Å²) in [5.41, 5.74) is 0.556. The zero-order valence-corrected chi connectivity index (χ0v) is 17.9. The highest BCUT2D eigenvalue weighted by Gasteiger charge is 2.27. The van der Waals surface area contributed by atoms with Crippen molar-refractivity contribution >= 4 is 62.1 Å². The molecule has 0 unspecified atom stereocenters. The van der Waals surface area contributed by atoms with Crippen LogP contribution in [0.25, 0.3) is 0 Å². The van der Waals surface area contributed by atoms with Crippen molar-refractivity contribution in [3.63, 3.8) is 0 Å². The SMILES string of the molecule is O=C(CN(c1ccccc1)S(=O)(=O)c1ccc(Cl)cc1)Nc1c(Cl)cccc1Cl. The largest absolute Gasteiger partial charge is 0.322 e. The molecule has 5 nitrogen and oxygen atoms in total. The number of nitrogens with zero attached hydrogens (tertiary/aromatic N) is 1. The van der Waals surface area contributed by atoms with Gasteiger partial charge in [-0.3, -0.25) is 9.10 Å². The predicted octanol–water partition coefficient (Wildman–Crippen LogP) is 5.48. The molecule has 0 heterocycles. The van der Waals surface area contributed by atoms with E-state index in [1.54, 1.807) is 48.5 Å². The van der Waals surface area contributed by atoms with Crippen LogP contribution >= 0.6 is 34.8 Å². The Kier molecular flexibility index (Phi) is 6.70. The van der Waals surface area contributed by atoms with E-state index in [1.165, 1.54) is 24.3 Å². The molecule has 0 aromatic heterocycles. The van der Waals surface area contributed by atoms with Crippen molar-refractivity contribution in [1.29, 1.82) is 0 Å². The fourth-order valence-corrected chi connectivity index (χ4v) is 4.61. The first-order valence-electron chi connectivity index (χ1n) is 8.36. The molecule has 0 fully saturated rings. The van der Waals surface area contributed by atoms with Crippen molar-refractivity contribution in [2.75, 3.05) is 16.2 Å². The fraction of sp³-hybridized carbons (Fsp3) is 0.0500. The molecular formula is C20H15Cl3N2O3S. The van der Waals surface area contributed by atoms with Crippen LogP contribution < -0.4 is 9.62 Å². The number of para-hydroxylation sites is 2. The van der Waals surface area contributed by atoms with Crippen molar-refractivity contribution < 1.29 is 13.2 Å². The number of amides is 1. The molecule has 9 heteroatoms. The summed E-state index contributed by atoms with van der Waals surface area (Å²) >= 11 is 18.0. The van der Waals surface area contributed by atoms with Crippen molar-refractivity contribution in [3.8, 4) is 0 Å². The third kappa shape index (κ3) is 5.03. The summed E-state index contributed by atoms with van der Waals surface area (Å²) in [6.45, 7) is -0.476. The van der Waals surface area contributed by atoms with Gasteiger partial charge in [-0.2, -0.15) is 0 Å². The summed E-state index contributed by atoms with van der Waals surface area (Å²) in [7, 11) is -4.03. The van der Waals surface area contributed by atoms with Gasteiger partial charge in [0.2, 0.25) is 5.91 Å². The Morgan fingerprint density at radius 3 is 2.00 bits per heavy atom. The standard InChI is InChI=1S/C20H15Cl3N2O3S/c21-14-9-11-16(12-10-14)29(27,28)25(15-5-2-1-3-6-15)13-19(26)24-20-17(22)7-4-8-18(20)23/h1-12H,13H2,(H,24,26). The number of benzene rings is 3. The summed E-state index contributed by atoms with van der Waals surface area (Å²) in [5, 5.41) is 3.48. The van der Waals surface area contributed by atoms with E-state index in [1.807, 2.05) is 0 Å². The number of halogens is 3. The van der Waals surface area contributed by atoms with Crippen LogP contribution in [0.4, 0.5) is 11.4 Å². The Bertz CT molecular complexity index is 1100. The fourth-order valence-electron chi connectivity index (χ4n) is 2.57. The maximum atomic E-state index is 13.2. The van der Waals surface area contributed by atoms with Gasteiger partial charge >= 0.3 is 0 Å². The Labute approximate surface area is 183 Å². The summed E-state index contributed by atoms with van der Waals surface area (Å²) < 4.78 is 27.4. The predicted molar refractivity (Wildman–Crippen MR) is 118 cm³/mol. The molecule has 1 amide bonds. The highest BCUT2D eigenvalue weighted by Crippen LogP contribution is 2.30. The van der Waals surface area contributed by atoms with Gasteiger partial charge in [-0.1, -0.05) is 59.1 Å². The third-order valence-corrected chi connectivity index (χ3v) is 6.63. The summed E-state index contributed by atoms with van der Waals surface area (Å²) in [4.78, 5) is 12.7. The lowest BCUT2D eigenvalue weighted by Gasteiger charge is -2.24. The third-order valence-electron chi connectivity index (χ3n) is 3.96. The molecule has 0 aliphatic rings. The molecule has 0 bridgehead atoms. The minimum Gasteiger partial charge on any atom is -0.322 e. The Morgan fingerprint density at radius 2 is 1.41 bits per heavy atom. The highest BCUT2D eigenvalue weighted by molar-refractivity contribution is 7.92. The van der Waals surface area contributed by atoms with E-state index in [2.05, 4.69) is 5.32 Å². The van der Waals surface area contributed by atoms with Crippen molar-refractivity contribution in [1.82, 2.24) is 0 Å². The van der Waals surface area contributed by atoms with E-state index in [0.29, 0.717) is 10.7 Å². The average molecular weight is 470 g/mol. The molecule has 3 rings (SSSR count). The van der Waals surface area contributed by atoms with E-state index in [-0.39, 0.29) is 20.6 Å². The van der Waals surface area contributed by atoms with Crippen LogP contribution in [0.5, 0.6) is 0 Å². The second-order valence-electron chi connectivity index (χ2n) is 5.95. The average Bonchev–Trinajstić information content (AvgIpc) is 2.70. The van der Waals surface area contributed by atoms with Crippen molar-refractivity contribution in [3.05, 3.63) is 87.9 Å². The van der Waals surface area contributed by atoms with Crippen LogP contribution in [0.2, 0.25) is 15.1 Å². The van der Waals surface area contributed by atoms with Gasteiger partial charge in [-0.15, -0.1) is 0 Å². The number of nitrogens with one attached hydrogen (secondary N) is 1. The first-order valence-corrected chi connectivity index (χ1v) is 10.9. The topological polar surface area (TPSA) is 66.5 Å². The van der Waals surface area contributed by atoms with Crippen molar-refractivity contribution in [2.24, 2.45) is 0 Å². The first kappa shape index (κ1) is 21.5.